The maximum absolute atomic E-state index is 13.8. The number of aryl methyl sites for hydroxylation is 1. The highest BCUT2D eigenvalue weighted by atomic mass is 32.1. The molecule has 1 heterocycles. The normalized spacial score (nSPS) is 13.6. The highest BCUT2D eigenvalue weighted by Crippen LogP contribution is 2.11. The van der Waals surface area contributed by atoms with Gasteiger partial charge in [-0.15, -0.1) is 0 Å². The zero-order chi connectivity index (χ0) is 34.2. The standard InChI is InChI=1S/C31H50N10O4S/c1-4-26(42)24(17-20-11-6-5-7-12-20)38-28(44)23(14-8-9-15-32)37-29(45)25(18-21-19-40(2)31(46)41(21)3)39-27(43)22(33)13-10-16-36-30(34)35/h5-7,11-12,19,22-25H,4,8-10,13-18,32-33H2,1-3H3,(H,37,45)(H,38,44)(H,39,43)(H4,34,35,36). The molecule has 0 spiro atoms. The molecule has 0 fully saturated rings. The molecular formula is C31H50N10O4S. The summed E-state index contributed by atoms with van der Waals surface area (Å²) < 4.78 is 4.01. The maximum Gasteiger partial charge on any atom is 0.243 e. The van der Waals surface area contributed by atoms with Crippen LogP contribution >= 0.6 is 12.2 Å². The molecule has 2 aromatic rings. The number of unbranched alkanes of at least 4 members (excludes halogenated alkanes) is 1. The maximum atomic E-state index is 13.8. The smallest absolute Gasteiger partial charge is 0.243 e. The number of aliphatic imine (C=N–C) groups is 1. The average Bonchev–Trinajstić information content (AvgIpc) is 3.27. The Kier molecular flexibility index (Phi) is 16.1. The van der Waals surface area contributed by atoms with Gasteiger partial charge in [0, 0.05) is 45.4 Å². The lowest BCUT2D eigenvalue weighted by molar-refractivity contribution is -0.133. The molecule has 3 amide bonds. The molecule has 2 rings (SSSR count). The van der Waals surface area contributed by atoms with Crippen molar-refractivity contribution in [3.63, 3.8) is 0 Å². The minimum absolute atomic E-state index is 0.0536. The minimum Gasteiger partial charge on any atom is -0.370 e. The van der Waals surface area contributed by atoms with Crippen LogP contribution in [-0.4, -0.2) is 75.9 Å². The van der Waals surface area contributed by atoms with Gasteiger partial charge in [-0.3, -0.25) is 24.2 Å². The summed E-state index contributed by atoms with van der Waals surface area (Å²) in [7, 11) is 3.55. The Bertz CT molecular complexity index is 1390. The lowest BCUT2D eigenvalue weighted by atomic mass is 9.99. The summed E-state index contributed by atoms with van der Waals surface area (Å²) in [4.78, 5) is 57.3. The van der Waals surface area contributed by atoms with Gasteiger partial charge in [-0.25, -0.2) is 0 Å². The second-order valence-corrected chi connectivity index (χ2v) is 11.7. The van der Waals surface area contributed by atoms with Gasteiger partial charge in [0.05, 0.1) is 12.1 Å². The van der Waals surface area contributed by atoms with Crippen LogP contribution in [0.2, 0.25) is 0 Å². The first kappa shape index (κ1) is 38.1. The zero-order valence-electron chi connectivity index (χ0n) is 27.0. The molecule has 0 saturated heterocycles. The van der Waals surface area contributed by atoms with E-state index in [9.17, 15) is 19.2 Å². The number of nitrogens with zero attached hydrogens (tertiary/aromatic N) is 3. The number of nitrogens with one attached hydrogen (secondary N) is 3. The topological polar surface area (TPSA) is 231 Å². The molecule has 1 aromatic carbocycles. The van der Waals surface area contributed by atoms with Crippen molar-refractivity contribution >= 4 is 41.7 Å². The Labute approximate surface area is 275 Å². The summed E-state index contributed by atoms with van der Waals surface area (Å²) in [6, 6.07) is 5.63. The molecular weight excluding hydrogens is 608 g/mol. The van der Waals surface area contributed by atoms with Crippen molar-refractivity contribution in [1.29, 1.82) is 0 Å². The first-order valence-corrected chi connectivity index (χ1v) is 16.0. The minimum atomic E-state index is -1.08. The Morgan fingerprint density at radius 1 is 0.870 bits per heavy atom. The third-order valence-electron chi connectivity index (χ3n) is 7.63. The number of Topliss-reactive ketones (excluding diaryl/α,β-unsaturated/α-hetero) is 1. The van der Waals surface area contributed by atoms with Gasteiger partial charge in [0.2, 0.25) is 17.7 Å². The van der Waals surface area contributed by atoms with Crippen molar-refractivity contribution < 1.29 is 19.2 Å². The molecule has 0 bridgehead atoms. The second-order valence-electron chi connectivity index (χ2n) is 11.3. The number of hydrogen-bond donors (Lipinski definition) is 7. The fraction of sp³-hybridized carbons (Fsp3) is 0.548. The monoisotopic (exact) mass is 658 g/mol. The van der Waals surface area contributed by atoms with E-state index < -0.39 is 41.9 Å². The fourth-order valence-corrected chi connectivity index (χ4v) is 5.08. The Balaban J connectivity index is 2.29. The van der Waals surface area contributed by atoms with E-state index >= 15 is 0 Å². The summed E-state index contributed by atoms with van der Waals surface area (Å²) in [5.74, 6) is -1.79. The van der Waals surface area contributed by atoms with E-state index in [1.807, 2.05) is 30.3 Å². The Hall–Kier alpha value is -4.08. The van der Waals surface area contributed by atoms with Crippen LogP contribution < -0.4 is 38.9 Å². The van der Waals surface area contributed by atoms with Crippen molar-refractivity contribution in [2.45, 2.75) is 82.5 Å². The van der Waals surface area contributed by atoms with E-state index in [-0.39, 0.29) is 37.4 Å². The first-order chi connectivity index (χ1) is 21.9. The van der Waals surface area contributed by atoms with Crippen molar-refractivity contribution in [3.05, 3.63) is 52.6 Å². The van der Waals surface area contributed by atoms with Gasteiger partial charge in [-0.2, -0.15) is 0 Å². The molecule has 0 aliphatic heterocycles. The van der Waals surface area contributed by atoms with Crippen molar-refractivity contribution in [2.24, 2.45) is 42.0 Å². The number of aromatic nitrogens is 2. The van der Waals surface area contributed by atoms with Gasteiger partial charge in [-0.05, 0) is 62.9 Å². The number of imidazole rings is 1. The molecule has 0 radical (unpaired) electrons. The van der Waals surface area contributed by atoms with Crippen LogP contribution in [0.3, 0.4) is 0 Å². The van der Waals surface area contributed by atoms with Crippen LogP contribution in [0.25, 0.3) is 0 Å². The molecule has 46 heavy (non-hydrogen) atoms. The molecule has 4 unspecified atom stereocenters. The van der Waals surface area contributed by atoms with Gasteiger partial charge in [-0.1, -0.05) is 37.3 Å². The number of ketones is 1. The molecule has 0 saturated carbocycles. The van der Waals surface area contributed by atoms with Crippen molar-refractivity contribution in [2.75, 3.05) is 13.1 Å². The van der Waals surface area contributed by atoms with Crippen LogP contribution in [0.4, 0.5) is 0 Å². The highest BCUT2D eigenvalue weighted by Gasteiger charge is 2.31. The second kappa shape index (κ2) is 19.4. The van der Waals surface area contributed by atoms with Gasteiger partial charge in [0.25, 0.3) is 0 Å². The third kappa shape index (κ3) is 12.4. The fourth-order valence-electron chi connectivity index (χ4n) is 4.91. The Morgan fingerprint density at radius 3 is 2.09 bits per heavy atom. The van der Waals surface area contributed by atoms with E-state index in [0.29, 0.717) is 49.2 Å². The van der Waals surface area contributed by atoms with E-state index in [2.05, 4.69) is 20.9 Å². The summed E-state index contributed by atoms with van der Waals surface area (Å²) in [5, 5.41) is 8.45. The summed E-state index contributed by atoms with van der Waals surface area (Å²) in [6.45, 7) is 2.46. The third-order valence-corrected chi connectivity index (χ3v) is 8.19. The molecule has 11 N–H and O–H groups in total. The van der Waals surface area contributed by atoms with Crippen molar-refractivity contribution in [3.8, 4) is 0 Å². The highest BCUT2D eigenvalue weighted by molar-refractivity contribution is 7.71. The van der Waals surface area contributed by atoms with Crippen LogP contribution in [0.15, 0.2) is 41.5 Å². The number of guanidine groups is 1. The summed E-state index contributed by atoms with van der Waals surface area (Å²) in [5.41, 5.74) is 24.1. The van der Waals surface area contributed by atoms with E-state index in [0.717, 1.165) is 5.56 Å². The molecule has 4 atom stereocenters. The number of nitrogens with two attached hydrogens (primary N) is 4. The number of carbonyl (C=O) groups excluding carboxylic acids is 4. The number of hydrogen-bond acceptors (Lipinski definition) is 8. The Morgan fingerprint density at radius 2 is 1.50 bits per heavy atom. The van der Waals surface area contributed by atoms with Gasteiger partial charge in [0.1, 0.15) is 12.1 Å². The quantitative estimate of drug-likeness (QED) is 0.0432. The van der Waals surface area contributed by atoms with Crippen molar-refractivity contribution in [1.82, 2.24) is 25.1 Å². The number of rotatable bonds is 20. The number of amides is 3. The van der Waals surface area contributed by atoms with Crippen LogP contribution in [0.1, 0.15) is 56.7 Å². The van der Waals surface area contributed by atoms with Crippen LogP contribution in [0.5, 0.6) is 0 Å². The first-order valence-electron chi connectivity index (χ1n) is 15.6. The molecule has 0 aliphatic rings. The lowest BCUT2D eigenvalue weighted by Gasteiger charge is -2.26. The van der Waals surface area contributed by atoms with Gasteiger partial charge in [0.15, 0.2) is 16.5 Å². The predicted molar refractivity (Wildman–Crippen MR) is 181 cm³/mol. The largest absolute Gasteiger partial charge is 0.370 e. The van der Waals surface area contributed by atoms with Crippen LogP contribution in [-0.2, 0) is 46.1 Å². The molecule has 0 aliphatic carbocycles. The zero-order valence-corrected chi connectivity index (χ0v) is 27.9. The number of benzene rings is 1. The lowest BCUT2D eigenvalue weighted by Crippen LogP contribution is -2.57. The predicted octanol–water partition coefficient (Wildman–Crippen LogP) is -0.178. The van der Waals surface area contributed by atoms with Gasteiger partial charge >= 0.3 is 0 Å². The molecule has 15 heteroatoms. The van der Waals surface area contributed by atoms with E-state index in [1.165, 1.54) is 0 Å². The van der Waals surface area contributed by atoms with Crippen LogP contribution in [0, 0.1) is 4.77 Å². The SMILES string of the molecule is CCC(=O)C(Cc1ccccc1)NC(=O)C(CCCCN)NC(=O)C(Cc1cn(C)c(=S)n1C)NC(=O)C(N)CCCN=C(N)N. The van der Waals surface area contributed by atoms with E-state index in [4.69, 9.17) is 35.2 Å². The van der Waals surface area contributed by atoms with Gasteiger partial charge < -0.3 is 48.0 Å². The van der Waals surface area contributed by atoms with E-state index in [1.54, 1.807) is 36.4 Å². The molecule has 254 valence electrons. The summed E-state index contributed by atoms with van der Waals surface area (Å²) in [6.07, 6.45) is 4.64. The average molecular weight is 659 g/mol. The molecule has 14 nitrogen and oxygen atoms in total. The molecule has 1 aromatic heterocycles. The summed E-state index contributed by atoms with van der Waals surface area (Å²) >= 11 is 5.42. The number of carbonyl (C=O) groups is 4.